The van der Waals surface area contributed by atoms with Crippen molar-refractivity contribution < 1.29 is 14.3 Å². The Kier molecular flexibility index (Phi) is 4.71. The van der Waals surface area contributed by atoms with Crippen molar-refractivity contribution >= 4 is 11.8 Å². The van der Waals surface area contributed by atoms with Gasteiger partial charge in [0.25, 0.3) is 0 Å². The molecule has 0 radical (unpaired) electrons. The van der Waals surface area contributed by atoms with Gasteiger partial charge in [0.1, 0.15) is 5.69 Å². The number of carbonyl (C=O) groups is 2. The van der Waals surface area contributed by atoms with Crippen molar-refractivity contribution in [1.29, 1.82) is 0 Å². The van der Waals surface area contributed by atoms with Gasteiger partial charge in [-0.2, -0.15) is 0 Å². The molecule has 0 saturated heterocycles. The molecular formula is C23H27NO3. The molecule has 142 valence electrons. The van der Waals surface area contributed by atoms with Crippen molar-refractivity contribution in [2.75, 3.05) is 7.11 Å². The Balaban J connectivity index is 2.05. The largest absolute Gasteiger partial charge is 0.464 e. The summed E-state index contributed by atoms with van der Waals surface area (Å²) in [5.74, 6) is -0.582. The smallest absolute Gasteiger partial charge is 0.356 e. The Labute approximate surface area is 161 Å². The molecule has 1 aromatic carbocycles. The third kappa shape index (κ3) is 3.41. The number of methoxy groups -OCH3 is 1. The van der Waals surface area contributed by atoms with Crippen LogP contribution in [-0.4, -0.2) is 23.8 Å². The number of aryl methyl sites for hydroxylation is 1. The Morgan fingerprint density at radius 3 is 2.11 bits per heavy atom. The number of fused-ring (bicyclic) bond motifs is 1. The fourth-order valence-corrected chi connectivity index (χ4v) is 3.88. The minimum absolute atomic E-state index is 0.0422. The number of hydrogen-bond acceptors (Lipinski definition) is 4. The summed E-state index contributed by atoms with van der Waals surface area (Å²) in [7, 11) is 1.31. The molecule has 0 saturated carbocycles. The highest BCUT2D eigenvalue weighted by atomic mass is 16.5. The number of carbonyl (C=O) groups excluding carboxylic acids is 2. The van der Waals surface area contributed by atoms with Crippen LogP contribution in [0.5, 0.6) is 0 Å². The van der Waals surface area contributed by atoms with E-state index in [0.29, 0.717) is 11.1 Å². The predicted octanol–water partition coefficient (Wildman–Crippen LogP) is 4.76. The molecule has 1 aromatic heterocycles. The lowest BCUT2D eigenvalue weighted by atomic mass is 9.62. The van der Waals surface area contributed by atoms with Gasteiger partial charge in [-0.05, 0) is 65.5 Å². The number of hydrogen-bond donors (Lipinski definition) is 0. The van der Waals surface area contributed by atoms with Gasteiger partial charge in [-0.1, -0.05) is 33.8 Å². The summed E-state index contributed by atoms with van der Waals surface area (Å²) in [6.45, 7) is 11.0. The van der Waals surface area contributed by atoms with E-state index in [1.165, 1.54) is 30.5 Å². The summed E-state index contributed by atoms with van der Waals surface area (Å²) >= 11 is 0. The molecular weight excluding hydrogens is 338 g/mol. The lowest BCUT2D eigenvalue weighted by Gasteiger charge is -2.42. The number of aromatic nitrogens is 1. The minimum atomic E-state index is -0.511. The van der Waals surface area contributed by atoms with Gasteiger partial charge in [-0.25, -0.2) is 9.78 Å². The monoisotopic (exact) mass is 365 g/mol. The molecule has 27 heavy (non-hydrogen) atoms. The highest BCUT2D eigenvalue weighted by Crippen LogP contribution is 2.46. The van der Waals surface area contributed by atoms with Crippen LogP contribution in [0.15, 0.2) is 30.5 Å². The van der Waals surface area contributed by atoms with E-state index in [2.05, 4.69) is 49.5 Å². The molecule has 2 aromatic rings. The Bertz CT molecular complexity index is 908. The van der Waals surface area contributed by atoms with E-state index in [0.717, 1.165) is 18.4 Å². The van der Waals surface area contributed by atoms with Crippen molar-refractivity contribution in [3.8, 4) is 0 Å². The van der Waals surface area contributed by atoms with Gasteiger partial charge in [0.05, 0.1) is 7.11 Å². The van der Waals surface area contributed by atoms with Gasteiger partial charge in [0, 0.05) is 17.3 Å². The van der Waals surface area contributed by atoms with Crippen LogP contribution in [0.4, 0.5) is 0 Å². The molecule has 0 unspecified atom stereocenters. The quantitative estimate of drug-likeness (QED) is 0.581. The SMILES string of the molecule is COC(=O)c1ccc(C(=O)c2cc3c(cc2C)C(C)(C)CCC3(C)C)cn1. The van der Waals surface area contributed by atoms with Gasteiger partial charge < -0.3 is 4.74 Å². The van der Waals surface area contributed by atoms with E-state index in [1.54, 1.807) is 6.07 Å². The molecule has 4 heteroatoms. The molecule has 0 atom stereocenters. The van der Waals surface area contributed by atoms with E-state index in [1.807, 2.05) is 6.92 Å². The molecule has 0 fully saturated rings. The first-order valence-electron chi connectivity index (χ1n) is 9.31. The molecule has 3 rings (SSSR count). The normalized spacial score (nSPS) is 17.1. The van der Waals surface area contributed by atoms with Crippen molar-refractivity contribution in [1.82, 2.24) is 4.98 Å². The second kappa shape index (κ2) is 6.59. The van der Waals surface area contributed by atoms with Crippen LogP contribution in [0.2, 0.25) is 0 Å². The second-order valence-electron chi connectivity index (χ2n) is 8.73. The number of benzene rings is 1. The first-order valence-corrected chi connectivity index (χ1v) is 9.31. The zero-order valence-electron chi connectivity index (χ0n) is 17.0. The van der Waals surface area contributed by atoms with Crippen LogP contribution < -0.4 is 0 Å². The van der Waals surface area contributed by atoms with Crippen LogP contribution in [-0.2, 0) is 15.6 Å². The predicted molar refractivity (Wildman–Crippen MR) is 105 cm³/mol. The minimum Gasteiger partial charge on any atom is -0.464 e. The van der Waals surface area contributed by atoms with E-state index >= 15 is 0 Å². The molecule has 0 aliphatic heterocycles. The molecule has 1 aliphatic rings. The van der Waals surface area contributed by atoms with Crippen LogP contribution in [0, 0.1) is 6.92 Å². The average molecular weight is 365 g/mol. The van der Waals surface area contributed by atoms with Crippen molar-refractivity contribution in [2.24, 2.45) is 0 Å². The maximum atomic E-state index is 13.1. The average Bonchev–Trinajstić information content (AvgIpc) is 2.64. The number of nitrogens with zero attached hydrogens (tertiary/aromatic N) is 1. The Hall–Kier alpha value is -2.49. The summed E-state index contributed by atoms with van der Waals surface area (Å²) in [5, 5.41) is 0. The van der Waals surface area contributed by atoms with E-state index in [9.17, 15) is 9.59 Å². The van der Waals surface area contributed by atoms with Crippen LogP contribution in [0.25, 0.3) is 0 Å². The molecule has 0 spiro atoms. The molecule has 0 N–H and O–H groups in total. The first kappa shape index (κ1) is 19.3. The third-order valence-electron chi connectivity index (χ3n) is 5.86. The molecule has 0 amide bonds. The van der Waals surface area contributed by atoms with Gasteiger partial charge in [0.2, 0.25) is 0 Å². The van der Waals surface area contributed by atoms with Gasteiger partial charge in [-0.15, -0.1) is 0 Å². The summed E-state index contributed by atoms with van der Waals surface area (Å²) in [6.07, 6.45) is 3.68. The van der Waals surface area contributed by atoms with Crippen molar-refractivity contribution in [3.05, 3.63) is 64.0 Å². The summed E-state index contributed by atoms with van der Waals surface area (Å²) < 4.78 is 4.66. The summed E-state index contributed by atoms with van der Waals surface area (Å²) in [5.41, 5.74) is 5.09. The van der Waals surface area contributed by atoms with Crippen molar-refractivity contribution in [3.63, 3.8) is 0 Å². The zero-order valence-corrected chi connectivity index (χ0v) is 17.0. The van der Waals surface area contributed by atoms with E-state index < -0.39 is 5.97 Å². The maximum absolute atomic E-state index is 13.1. The summed E-state index contributed by atoms with van der Waals surface area (Å²) in [4.78, 5) is 28.7. The molecule has 4 nitrogen and oxygen atoms in total. The Morgan fingerprint density at radius 2 is 1.59 bits per heavy atom. The zero-order chi connectivity index (χ0) is 20.0. The van der Waals surface area contributed by atoms with E-state index in [-0.39, 0.29) is 22.3 Å². The van der Waals surface area contributed by atoms with Crippen LogP contribution in [0.3, 0.4) is 0 Å². The first-order chi connectivity index (χ1) is 12.6. The number of ketones is 1. The third-order valence-corrected chi connectivity index (χ3v) is 5.86. The fourth-order valence-electron chi connectivity index (χ4n) is 3.88. The van der Waals surface area contributed by atoms with Gasteiger partial charge in [-0.3, -0.25) is 4.79 Å². The topological polar surface area (TPSA) is 56.3 Å². The Morgan fingerprint density at radius 1 is 1.00 bits per heavy atom. The molecule has 0 bridgehead atoms. The van der Waals surface area contributed by atoms with Gasteiger partial charge >= 0.3 is 5.97 Å². The lowest BCUT2D eigenvalue weighted by Crippen LogP contribution is -2.34. The lowest BCUT2D eigenvalue weighted by molar-refractivity contribution is 0.0593. The second-order valence-corrected chi connectivity index (χ2v) is 8.73. The molecule has 1 aliphatic carbocycles. The number of pyridine rings is 1. The standard InChI is InChI=1S/C23H27NO3/c1-14-11-17-18(23(4,5)10-9-22(17,2)3)12-16(14)20(25)15-7-8-19(24-13-15)21(26)27-6/h7-8,11-13H,9-10H2,1-6H3. The maximum Gasteiger partial charge on any atom is 0.356 e. The van der Waals surface area contributed by atoms with E-state index in [4.69, 9.17) is 0 Å². The highest BCUT2D eigenvalue weighted by molar-refractivity contribution is 6.10. The van der Waals surface area contributed by atoms with Crippen LogP contribution >= 0.6 is 0 Å². The van der Waals surface area contributed by atoms with Gasteiger partial charge in [0.15, 0.2) is 5.78 Å². The number of ether oxygens (including phenoxy) is 1. The molecule has 1 heterocycles. The number of rotatable bonds is 3. The fraction of sp³-hybridized carbons (Fsp3) is 0.435. The summed E-state index contributed by atoms with van der Waals surface area (Å²) in [6, 6.07) is 7.41. The van der Waals surface area contributed by atoms with Crippen molar-refractivity contribution in [2.45, 2.75) is 58.3 Å². The van der Waals surface area contributed by atoms with Crippen LogP contribution in [0.1, 0.15) is 83.6 Å². The number of esters is 1. The highest BCUT2D eigenvalue weighted by Gasteiger charge is 2.37.